The molecule has 1 heterocycles. The summed E-state index contributed by atoms with van der Waals surface area (Å²) in [5, 5.41) is 0. The van der Waals surface area contributed by atoms with Gasteiger partial charge in [-0.25, -0.2) is 0 Å². The van der Waals surface area contributed by atoms with Crippen molar-refractivity contribution in [2.24, 2.45) is 5.92 Å². The Morgan fingerprint density at radius 1 is 1.24 bits per heavy atom. The van der Waals surface area contributed by atoms with Crippen LogP contribution in [0, 0.1) is 5.92 Å². The van der Waals surface area contributed by atoms with Crippen molar-refractivity contribution in [3.05, 3.63) is 0 Å². The highest BCUT2D eigenvalue weighted by Crippen LogP contribution is 2.17. The standard InChI is InChI=1S/C16H29NO4/c1-12(15(19)21-16(3,4)5)6-9-17-10-7-14(8-11-17)20-13(2)18/h12,14H,6-11H2,1-5H3/t12-/m0/s1. The molecule has 122 valence electrons. The van der Waals surface area contributed by atoms with Gasteiger partial charge >= 0.3 is 11.9 Å². The van der Waals surface area contributed by atoms with Crippen molar-refractivity contribution in [2.45, 2.75) is 65.6 Å². The van der Waals surface area contributed by atoms with Crippen LogP contribution in [0.25, 0.3) is 0 Å². The van der Waals surface area contributed by atoms with Crippen molar-refractivity contribution < 1.29 is 19.1 Å². The number of esters is 2. The van der Waals surface area contributed by atoms with Gasteiger partial charge < -0.3 is 14.4 Å². The van der Waals surface area contributed by atoms with Gasteiger partial charge in [0.05, 0.1) is 5.92 Å². The summed E-state index contributed by atoms with van der Waals surface area (Å²) in [4.78, 5) is 25.1. The van der Waals surface area contributed by atoms with Gasteiger partial charge in [0.2, 0.25) is 0 Å². The third-order valence-corrected chi connectivity index (χ3v) is 3.55. The highest BCUT2D eigenvalue weighted by atomic mass is 16.6. The lowest BCUT2D eigenvalue weighted by molar-refractivity contribution is -0.160. The van der Waals surface area contributed by atoms with Gasteiger partial charge in [-0.15, -0.1) is 0 Å². The van der Waals surface area contributed by atoms with E-state index < -0.39 is 5.60 Å². The first-order chi connectivity index (χ1) is 9.67. The molecular weight excluding hydrogens is 270 g/mol. The Balaban J connectivity index is 2.24. The summed E-state index contributed by atoms with van der Waals surface area (Å²) in [6.45, 7) is 11.7. The van der Waals surface area contributed by atoms with Crippen molar-refractivity contribution in [3.8, 4) is 0 Å². The van der Waals surface area contributed by atoms with Crippen LogP contribution in [0.4, 0.5) is 0 Å². The zero-order valence-electron chi connectivity index (χ0n) is 14.0. The van der Waals surface area contributed by atoms with E-state index in [4.69, 9.17) is 9.47 Å². The van der Waals surface area contributed by atoms with E-state index in [2.05, 4.69) is 4.90 Å². The summed E-state index contributed by atoms with van der Waals surface area (Å²) in [5.74, 6) is -0.417. The molecule has 0 aromatic rings. The van der Waals surface area contributed by atoms with Crippen LogP contribution in [-0.4, -0.2) is 48.2 Å². The topological polar surface area (TPSA) is 55.8 Å². The molecule has 0 saturated carbocycles. The molecule has 0 aliphatic carbocycles. The molecule has 0 spiro atoms. The van der Waals surface area contributed by atoms with Crippen LogP contribution in [0.15, 0.2) is 0 Å². The maximum atomic E-state index is 11.9. The normalized spacial score (nSPS) is 19.1. The van der Waals surface area contributed by atoms with E-state index in [0.717, 1.165) is 38.9 Å². The third kappa shape index (κ3) is 7.46. The Bertz CT molecular complexity index is 354. The van der Waals surface area contributed by atoms with Crippen LogP contribution in [0.1, 0.15) is 53.9 Å². The maximum Gasteiger partial charge on any atom is 0.309 e. The van der Waals surface area contributed by atoms with Gasteiger partial charge in [-0.05, 0) is 46.6 Å². The molecule has 5 nitrogen and oxygen atoms in total. The number of nitrogens with zero attached hydrogens (tertiary/aromatic N) is 1. The second kappa shape index (κ2) is 7.78. The van der Waals surface area contributed by atoms with Crippen LogP contribution >= 0.6 is 0 Å². The van der Waals surface area contributed by atoms with E-state index in [1.807, 2.05) is 27.7 Å². The Morgan fingerprint density at radius 2 is 1.81 bits per heavy atom. The SMILES string of the molecule is CC(=O)OC1CCN(CC[C@H](C)C(=O)OC(C)(C)C)CC1. The predicted molar refractivity (Wildman–Crippen MR) is 80.9 cm³/mol. The van der Waals surface area contributed by atoms with Crippen molar-refractivity contribution >= 4 is 11.9 Å². The fourth-order valence-electron chi connectivity index (χ4n) is 2.38. The molecule has 1 atom stereocenters. The molecule has 1 saturated heterocycles. The van der Waals surface area contributed by atoms with Crippen LogP contribution in [0.3, 0.4) is 0 Å². The quantitative estimate of drug-likeness (QED) is 0.730. The molecular formula is C16H29NO4. The summed E-state index contributed by atoms with van der Waals surface area (Å²) >= 11 is 0. The van der Waals surface area contributed by atoms with Gasteiger partial charge in [-0.2, -0.15) is 0 Å². The molecule has 0 aromatic heterocycles. The molecule has 0 aromatic carbocycles. The minimum Gasteiger partial charge on any atom is -0.462 e. The van der Waals surface area contributed by atoms with Crippen molar-refractivity contribution in [1.29, 1.82) is 0 Å². The van der Waals surface area contributed by atoms with Crippen molar-refractivity contribution in [3.63, 3.8) is 0 Å². The lowest BCUT2D eigenvalue weighted by Crippen LogP contribution is -2.39. The van der Waals surface area contributed by atoms with Gasteiger partial charge in [-0.1, -0.05) is 6.92 Å². The van der Waals surface area contributed by atoms with E-state index in [9.17, 15) is 9.59 Å². The minimum atomic E-state index is -0.423. The van der Waals surface area contributed by atoms with Crippen molar-refractivity contribution in [1.82, 2.24) is 4.90 Å². The summed E-state index contributed by atoms with van der Waals surface area (Å²) in [6, 6.07) is 0. The second-order valence-electron chi connectivity index (χ2n) is 6.87. The molecule has 21 heavy (non-hydrogen) atoms. The van der Waals surface area contributed by atoms with Crippen LogP contribution in [0.5, 0.6) is 0 Å². The lowest BCUT2D eigenvalue weighted by Gasteiger charge is -2.32. The predicted octanol–water partition coefficient (Wildman–Crippen LogP) is 2.38. The number of carbonyl (C=O) groups excluding carboxylic acids is 2. The smallest absolute Gasteiger partial charge is 0.309 e. The van der Waals surface area contributed by atoms with E-state index in [0.29, 0.717) is 0 Å². The molecule has 1 aliphatic rings. The molecule has 1 rings (SSSR count). The number of carbonyl (C=O) groups is 2. The zero-order chi connectivity index (χ0) is 16.0. The fourth-order valence-corrected chi connectivity index (χ4v) is 2.38. The first-order valence-corrected chi connectivity index (χ1v) is 7.80. The number of piperidine rings is 1. The number of likely N-dealkylation sites (tertiary alicyclic amines) is 1. The molecule has 1 fully saturated rings. The molecule has 0 radical (unpaired) electrons. The number of hydrogen-bond donors (Lipinski definition) is 0. The molecule has 5 heteroatoms. The molecule has 0 N–H and O–H groups in total. The van der Waals surface area contributed by atoms with Gasteiger partial charge in [0.25, 0.3) is 0 Å². The zero-order valence-corrected chi connectivity index (χ0v) is 14.0. The molecule has 0 unspecified atom stereocenters. The van der Waals surface area contributed by atoms with Gasteiger partial charge in [0.1, 0.15) is 11.7 Å². The van der Waals surface area contributed by atoms with Gasteiger partial charge in [-0.3, -0.25) is 9.59 Å². The molecule has 1 aliphatic heterocycles. The minimum absolute atomic E-state index is 0.0574. The highest BCUT2D eigenvalue weighted by molar-refractivity contribution is 5.72. The molecule has 0 amide bonds. The summed E-state index contributed by atoms with van der Waals surface area (Å²) in [6.07, 6.45) is 2.61. The van der Waals surface area contributed by atoms with Gasteiger partial charge in [0, 0.05) is 20.0 Å². The van der Waals surface area contributed by atoms with Gasteiger partial charge in [0.15, 0.2) is 0 Å². The average molecular weight is 299 g/mol. The monoisotopic (exact) mass is 299 g/mol. The Morgan fingerprint density at radius 3 is 2.29 bits per heavy atom. The lowest BCUT2D eigenvalue weighted by atomic mass is 10.0. The summed E-state index contributed by atoms with van der Waals surface area (Å²) in [7, 11) is 0. The van der Waals surface area contributed by atoms with E-state index in [1.54, 1.807) is 0 Å². The third-order valence-electron chi connectivity index (χ3n) is 3.55. The first kappa shape index (κ1) is 18.0. The first-order valence-electron chi connectivity index (χ1n) is 7.80. The maximum absolute atomic E-state index is 11.9. The Hall–Kier alpha value is -1.10. The van der Waals surface area contributed by atoms with Crippen LogP contribution < -0.4 is 0 Å². The second-order valence-corrected chi connectivity index (χ2v) is 6.87. The van der Waals surface area contributed by atoms with E-state index in [1.165, 1.54) is 6.92 Å². The van der Waals surface area contributed by atoms with Crippen LogP contribution in [-0.2, 0) is 19.1 Å². The number of hydrogen-bond acceptors (Lipinski definition) is 5. The average Bonchev–Trinajstić information content (AvgIpc) is 2.34. The Kier molecular flexibility index (Phi) is 6.65. The van der Waals surface area contributed by atoms with Crippen LogP contribution in [0.2, 0.25) is 0 Å². The Labute approximate surface area is 128 Å². The largest absolute Gasteiger partial charge is 0.462 e. The fraction of sp³-hybridized carbons (Fsp3) is 0.875. The number of rotatable bonds is 5. The van der Waals surface area contributed by atoms with E-state index in [-0.39, 0.29) is 24.0 Å². The highest BCUT2D eigenvalue weighted by Gasteiger charge is 2.24. The van der Waals surface area contributed by atoms with Crippen molar-refractivity contribution in [2.75, 3.05) is 19.6 Å². The summed E-state index contributed by atoms with van der Waals surface area (Å²) in [5.41, 5.74) is -0.423. The summed E-state index contributed by atoms with van der Waals surface area (Å²) < 4.78 is 10.6. The molecule has 0 bridgehead atoms. The number of ether oxygens (including phenoxy) is 2. The van der Waals surface area contributed by atoms with E-state index >= 15 is 0 Å².